The lowest BCUT2D eigenvalue weighted by atomic mass is 10.1. The van der Waals surface area contributed by atoms with E-state index < -0.39 is 0 Å². The fourth-order valence-corrected chi connectivity index (χ4v) is 2.46. The van der Waals surface area contributed by atoms with Crippen LogP contribution in [0.4, 0.5) is 0 Å². The van der Waals surface area contributed by atoms with Gasteiger partial charge >= 0.3 is 0 Å². The third-order valence-corrected chi connectivity index (χ3v) is 3.66. The normalized spacial score (nSPS) is 11.0. The summed E-state index contributed by atoms with van der Waals surface area (Å²) in [5.41, 5.74) is 0.659. The van der Waals surface area contributed by atoms with Crippen molar-refractivity contribution in [1.82, 2.24) is 4.98 Å². The Hall–Kier alpha value is -1.61. The highest BCUT2D eigenvalue weighted by Gasteiger charge is 2.06. The first kappa shape index (κ1) is 15.8. The molecule has 2 rings (SSSR count). The van der Waals surface area contributed by atoms with Crippen molar-refractivity contribution in [3.63, 3.8) is 0 Å². The summed E-state index contributed by atoms with van der Waals surface area (Å²) in [6.45, 7) is 2.87. The van der Waals surface area contributed by atoms with Crippen LogP contribution in [0.2, 0.25) is 0 Å². The highest BCUT2D eigenvalue weighted by Crippen LogP contribution is 2.24. The van der Waals surface area contributed by atoms with Crippen molar-refractivity contribution < 1.29 is 9.84 Å². The zero-order chi connectivity index (χ0) is 14.9. The summed E-state index contributed by atoms with van der Waals surface area (Å²) in [6, 6.07) is 9.92. The van der Waals surface area contributed by atoms with Crippen LogP contribution in [0, 0.1) is 0 Å². The highest BCUT2D eigenvalue weighted by molar-refractivity contribution is 5.87. The number of fused-ring (bicyclic) bond motifs is 1. The molecule has 0 aliphatic heterocycles. The first-order chi connectivity index (χ1) is 10.3. The minimum absolute atomic E-state index is 0.0573. The molecule has 114 valence electrons. The SMILES string of the molecule is CCCCCCCCOc1nc(CO)cc2ccccc12. The molecule has 3 nitrogen and oxygen atoms in total. The van der Waals surface area contributed by atoms with Gasteiger partial charge < -0.3 is 9.84 Å². The number of aliphatic hydroxyl groups excluding tert-OH is 1. The molecule has 0 saturated heterocycles. The molecule has 2 aromatic rings. The van der Waals surface area contributed by atoms with Gasteiger partial charge in [0.1, 0.15) is 0 Å². The predicted molar refractivity (Wildman–Crippen MR) is 86.5 cm³/mol. The lowest BCUT2D eigenvalue weighted by Gasteiger charge is -2.10. The summed E-state index contributed by atoms with van der Waals surface area (Å²) in [6.07, 6.45) is 7.46. The Bertz CT molecular complexity index is 554. The largest absolute Gasteiger partial charge is 0.477 e. The molecule has 0 aliphatic carbocycles. The maximum Gasteiger partial charge on any atom is 0.221 e. The average molecular weight is 287 g/mol. The van der Waals surface area contributed by atoms with Gasteiger partial charge in [-0.3, -0.25) is 0 Å². The van der Waals surface area contributed by atoms with Gasteiger partial charge in [0.05, 0.1) is 18.9 Å². The molecule has 0 unspecified atom stereocenters. The predicted octanol–water partition coefficient (Wildman–Crippen LogP) is 4.47. The monoisotopic (exact) mass is 287 g/mol. The van der Waals surface area contributed by atoms with Crippen LogP contribution in [0.3, 0.4) is 0 Å². The van der Waals surface area contributed by atoms with Crippen molar-refractivity contribution in [2.24, 2.45) is 0 Å². The molecule has 1 N–H and O–H groups in total. The summed E-state index contributed by atoms with van der Waals surface area (Å²) in [7, 11) is 0. The zero-order valence-corrected chi connectivity index (χ0v) is 12.8. The van der Waals surface area contributed by atoms with E-state index >= 15 is 0 Å². The molecule has 0 atom stereocenters. The summed E-state index contributed by atoms with van der Waals surface area (Å²) in [5, 5.41) is 11.4. The van der Waals surface area contributed by atoms with Gasteiger partial charge in [-0.25, -0.2) is 4.98 Å². The van der Waals surface area contributed by atoms with Crippen LogP contribution in [0.1, 0.15) is 51.1 Å². The number of benzene rings is 1. The van der Waals surface area contributed by atoms with Crippen molar-refractivity contribution in [3.8, 4) is 5.88 Å². The molecule has 0 saturated carbocycles. The first-order valence-electron chi connectivity index (χ1n) is 7.97. The van der Waals surface area contributed by atoms with E-state index in [2.05, 4.69) is 11.9 Å². The molecule has 0 amide bonds. The molecular weight excluding hydrogens is 262 g/mol. The Balaban J connectivity index is 1.91. The van der Waals surface area contributed by atoms with E-state index in [1.54, 1.807) is 0 Å². The van der Waals surface area contributed by atoms with E-state index in [1.165, 1.54) is 32.1 Å². The average Bonchev–Trinajstić information content (AvgIpc) is 2.53. The minimum atomic E-state index is -0.0573. The third-order valence-electron chi connectivity index (χ3n) is 3.66. The van der Waals surface area contributed by atoms with Gasteiger partial charge in [0.15, 0.2) is 0 Å². The fourth-order valence-electron chi connectivity index (χ4n) is 2.46. The number of ether oxygens (including phenoxy) is 1. The van der Waals surface area contributed by atoms with E-state index in [4.69, 9.17) is 4.74 Å². The first-order valence-corrected chi connectivity index (χ1v) is 7.97. The Morgan fingerprint density at radius 2 is 1.81 bits per heavy atom. The van der Waals surface area contributed by atoms with Gasteiger partial charge in [-0.05, 0) is 23.9 Å². The lowest BCUT2D eigenvalue weighted by molar-refractivity contribution is 0.268. The Kier molecular flexibility index (Phi) is 6.48. The van der Waals surface area contributed by atoms with Crippen LogP contribution in [0.5, 0.6) is 5.88 Å². The number of aromatic nitrogens is 1. The zero-order valence-electron chi connectivity index (χ0n) is 12.8. The molecule has 1 aromatic heterocycles. The van der Waals surface area contributed by atoms with Gasteiger partial charge in [0.2, 0.25) is 5.88 Å². The third kappa shape index (κ3) is 4.71. The van der Waals surface area contributed by atoms with Gasteiger partial charge in [0, 0.05) is 5.39 Å². The van der Waals surface area contributed by atoms with Crippen LogP contribution in [-0.2, 0) is 6.61 Å². The molecule has 21 heavy (non-hydrogen) atoms. The summed E-state index contributed by atoms with van der Waals surface area (Å²) < 4.78 is 5.85. The minimum Gasteiger partial charge on any atom is -0.477 e. The van der Waals surface area contributed by atoms with E-state index in [9.17, 15) is 5.11 Å². The maximum absolute atomic E-state index is 9.30. The number of unbranched alkanes of at least 4 members (excludes halogenated alkanes) is 5. The second-order valence-corrected chi connectivity index (χ2v) is 5.41. The standard InChI is InChI=1S/C18H25NO2/c1-2-3-4-5-6-9-12-21-18-17-11-8-7-10-15(17)13-16(14-20)19-18/h7-8,10-11,13,20H,2-6,9,12,14H2,1H3. The smallest absolute Gasteiger partial charge is 0.221 e. The Morgan fingerprint density at radius 3 is 2.62 bits per heavy atom. The number of hydrogen-bond acceptors (Lipinski definition) is 3. The second kappa shape index (κ2) is 8.63. The van der Waals surface area contributed by atoms with Gasteiger partial charge in [-0.15, -0.1) is 0 Å². The number of aliphatic hydroxyl groups is 1. The van der Waals surface area contributed by atoms with Crippen molar-refractivity contribution in [1.29, 1.82) is 0 Å². The van der Waals surface area contributed by atoms with Crippen molar-refractivity contribution >= 4 is 10.8 Å². The van der Waals surface area contributed by atoms with Gasteiger partial charge in [-0.2, -0.15) is 0 Å². The number of hydrogen-bond donors (Lipinski definition) is 1. The van der Waals surface area contributed by atoms with Crippen LogP contribution in [-0.4, -0.2) is 16.7 Å². The molecule has 0 radical (unpaired) electrons. The van der Waals surface area contributed by atoms with Crippen LogP contribution in [0.15, 0.2) is 30.3 Å². The van der Waals surface area contributed by atoms with E-state index in [-0.39, 0.29) is 6.61 Å². The summed E-state index contributed by atoms with van der Waals surface area (Å²) in [5.74, 6) is 0.644. The topological polar surface area (TPSA) is 42.4 Å². The van der Waals surface area contributed by atoms with Crippen LogP contribution >= 0.6 is 0 Å². The van der Waals surface area contributed by atoms with E-state index in [0.29, 0.717) is 18.2 Å². The molecule has 0 aliphatic rings. The lowest BCUT2D eigenvalue weighted by Crippen LogP contribution is -2.02. The number of pyridine rings is 1. The van der Waals surface area contributed by atoms with E-state index in [1.807, 2.05) is 30.3 Å². The van der Waals surface area contributed by atoms with E-state index in [0.717, 1.165) is 17.2 Å². The highest BCUT2D eigenvalue weighted by atomic mass is 16.5. The van der Waals surface area contributed by atoms with Crippen molar-refractivity contribution in [2.75, 3.05) is 6.61 Å². The second-order valence-electron chi connectivity index (χ2n) is 5.41. The van der Waals surface area contributed by atoms with Crippen molar-refractivity contribution in [3.05, 3.63) is 36.0 Å². The number of rotatable bonds is 9. The molecule has 3 heteroatoms. The van der Waals surface area contributed by atoms with Crippen molar-refractivity contribution in [2.45, 2.75) is 52.1 Å². The maximum atomic E-state index is 9.30. The Labute approximate surface area is 127 Å². The molecule has 0 fully saturated rings. The van der Waals surface area contributed by atoms with Crippen LogP contribution < -0.4 is 4.74 Å². The van der Waals surface area contributed by atoms with Crippen LogP contribution in [0.25, 0.3) is 10.8 Å². The fraction of sp³-hybridized carbons (Fsp3) is 0.500. The molecule has 1 heterocycles. The molecule has 0 spiro atoms. The molecular formula is C18H25NO2. The molecule has 0 bridgehead atoms. The quantitative estimate of drug-likeness (QED) is 0.692. The molecule has 1 aromatic carbocycles. The summed E-state index contributed by atoms with van der Waals surface area (Å²) >= 11 is 0. The van der Waals surface area contributed by atoms with Gasteiger partial charge in [-0.1, -0.05) is 57.2 Å². The van der Waals surface area contributed by atoms with Gasteiger partial charge in [0.25, 0.3) is 0 Å². The summed E-state index contributed by atoms with van der Waals surface area (Å²) in [4.78, 5) is 4.39. The number of nitrogens with zero attached hydrogens (tertiary/aromatic N) is 1. The Morgan fingerprint density at radius 1 is 1.05 bits per heavy atom.